The van der Waals surface area contributed by atoms with Crippen molar-refractivity contribution in [1.29, 1.82) is 0 Å². The lowest BCUT2D eigenvalue weighted by Gasteiger charge is -2.28. The van der Waals surface area contributed by atoms with Gasteiger partial charge in [-0.15, -0.1) is 0 Å². The molecule has 0 aliphatic rings. The maximum absolute atomic E-state index is 12.4. The predicted octanol–water partition coefficient (Wildman–Crippen LogP) is 2.85. The number of carbonyl (C=O) groups excluding carboxylic acids is 1. The molecule has 0 aliphatic carbocycles. The quantitative estimate of drug-likeness (QED) is 0.803. The number of nitrogens with zero attached hydrogens (tertiary/aromatic N) is 1. The highest BCUT2D eigenvalue weighted by atomic mass is 35.5. The van der Waals surface area contributed by atoms with Crippen molar-refractivity contribution in [3.63, 3.8) is 0 Å². The van der Waals surface area contributed by atoms with Crippen LogP contribution >= 0.6 is 11.6 Å². The molecule has 5 nitrogen and oxygen atoms in total. The molecule has 1 atom stereocenters. The summed E-state index contributed by atoms with van der Waals surface area (Å²) in [6.45, 7) is 2.00. The van der Waals surface area contributed by atoms with Gasteiger partial charge in [-0.1, -0.05) is 41.9 Å². The monoisotopic (exact) mass is 380 g/mol. The average Bonchev–Trinajstić information content (AvgIpc) is 2.56. The number of rotatable bonds is 7. The lowest BCUT2D eigenvalue weighted by molar-refractivity contribution is -0.121. The highest BCUT2D eigenvalue weighted by molar-refractivity contribution is 7.92. The molecule has 0 radical (unpaired) electrons. The highest BCUT2D eigenvalue weighted by Gasteiger charge is 2.28. The molecule has 1 amide bonds. The Morgan fingerprint density at radius 3 is 2.28 bits per heavy atom. The lowest BCUT2D eigenvalue weighted by Crippen LogP contribution is -2.48. The number of anilines is 1. The van der Waals surface area contributed by atoms with E-state index in [1.54, 1.807) is 31.2 Å². The van der Waals surface area contributed by atoms with Crippen LogP contribution in [-0.2, 0) is 21.2 Å². The summed E-state index contributed by atoms with van der Waals surface area (Å²) in [7, 11) is -3.62. The maximum atomic E-state index is 12.4. The molecule has 2 rings (SSSR count). The first-order chi connectivity index (χ1) is 11.8. The molecule has 0 spiro atoms. The Balaban J connectivity index is 2.06. The van der Waals surface area contributed by atoms with E-state index in [1.807, 2.05) is 30.3 Å². The molecule has 0 aliphatic heterocycles. The largest absolute Gasteiger partial charge is 0.354 e. The third kappa shape index (κ3) is 5.47. The highest BCUT2D eigenvalue weighted by Crippen LogP contribution is 2.22. The van der Waals surface area contributed by atoms with E-state index in [0.29, 0.717) is 23.7 Å². The van der Waals surface area contributed by atoms with Gasteiger partial charge >= 0.3 is 0 Å². The van der Waals surface area contributed by atoms with Gasteiger partial charge in [0.2, 0.25) is 15.9 Å². The second-order valence-corrected chi connectivity index (χ2v) is 8.03. The van der Waals surface area contributed by atoms with Crippen molar-refractivity contribution in [1.82, 2.24) is 5.32 Å². The van der Waals surface area contributed by atoms with E-state index in [0.717, 1.165) is 16.1 Å². The summed E-state index contributed by atoms with van der Waals surface area (Å²) in [4.78, 5) is 12.4. The van der Waals surface area contributed by atoms with Crippen LogP contribution in [0.3, 0.4) is 0 Å². The van der Waals surface area contributed by atoms with Crippen molar-refractivity contribution in [2.75, 3.05) is 17.1 Å². The number of sulfonamides is 1. The number of carbonyl (C=O) groups is 1. The molecule has 2 aromatic carbocycles. The summed E-state index contributed by atoms with van der Waals surface area (Å²) in [5.74, 6) is -0.351. The molecule has 2 aromatic rings. The molecule has 0 aromatic heterocycles. The van der Waals surface area contributed by atoms with Crippen molar-refractivity contribution in [2.45, 2.75) is 19.4 Å². The Morgan fingerprint density at radius 1 is 1.12 bits per heavy atom. The summed E-state index contributed by atoms with van der Waals surface area (Å²) in [5.41, 5.74) is 1.51. The van der Waals surface area contributed by atoms with Gasteiger partial charge in [-0.25, -0.2) is 8.42 Å². The maximum Gasteiger partial charge on any atom is 0.243 e. The number of hydrogen-bond acceptors (Lipinski definition) is 3. The van der Waals surface area contributed by atoms with Gasteiger partial charge in [-0.2, -0.15) is 0 Å². The molecule has 134 valence electrons. The first kappa shape index (κ1) is 19.3. The zero-order valence-electron chi connectivity index (χ0n) is 14.1. The fourth-order valence-corrected chi connectivity index (χ4v) is 3.82. The molecule has 0 saturated heterocycles. The fraction of sp³-hybridized carbons (Fsp3) is 0.278. The fourth-order valence-electron chi connectivity index (χ4n) is 2.52. The van der Waals surface area contributed by atoms with E-state index in [2.05, 4.69) is 5.32 Å². The van der Waals surface area contributed by atoms with Crippen molar-refractivity contribution in [3.05, 3.63) is 65.2 Å². The van der Waals surface area contributed by atoms with Gasteiger partial charge in [0.1, 0.15) is 6.04 Å². The van der Waals surface area contributed by atoms with E-state index in [1.165, 1.54) is 0 Å². The number of halogens is 1. The lowest BCUT2D eigenvalue weighted by atomic mass is 10.1. The van der Waals surface area contributed by atoms with E-state index in [4.69, 9.17) is 11.6 Å². The molecule has 1 N–H and O–H groups in total. The Kier molecular flexibility index (Phi) is 6.45. The Labute approximate surface area is 153 Å². The van der Waals surface area contributed by atoms with Gasteiger partial charge in [0, 0.05) is 11.6 Å². The number of hydrogen-bond donors (Lipinski definition) is 1. The van der Waals surface area contributed by atoms with E-state index >= 15 is 0 Å². The van der Waals surface area contributed by atoms with Crippen LogP contribution < -0.4 is 9.62 Å². The number of nitrogens with one attached hydrogen (secondary N) is 1. The Morgan fingerprint density at radius 2 is 1.72 bits per heavy atom. The molecule has 7 heteroatoms. The third-order valence-electron chi connectivity index (χ3n) is 3.73. The van der Waals surface area contributed by atoms with Crippen LogP contribution in [0.5, 0.6) is 0 Å². The molecule has 0 bridgehead atoms. The van der Waals surface area contributed by atoms with Crippen LogP contribution in [-0.4, -0.2) is 33.2 Å². The zero-order valence-corrected chi connectivity index (χ0v) is 15.7. The van der Waals surface area contributed by atoms with E-state index < -0.39 is 16.1 Å². The van der Waals surface area contributed by atoms with Crippen LogP contribution in [0.1, 0.15) is 12.5 Å². The zero-order chi connectivity index (χ0) is 18.4. The summed E-state index contributed by atoms with van der Waals surface area (Å²) >= 11 is 5.85. The van der Waals surface area contributed by atoms with Crippen LogP contribution in [0.4, 0.5) is 5.69 Å². The van der Waals surface area contributed by atoms with Crippen LogP contribution in [0.25, 0.3) is 0 Å². The Hall–Kier alpha value is -2.05. The van der Waals surface area contributed by atoms with Gasteiger partial charge in [-0.3, -0.25) is 9.10 Å². The number of amides is 1. The van der Waals surface area contributed by atoms with Gasteiger partial charge in [0.05, 0.1) is 11.9 Å². The van der Waals surface area contributed by atoms with Gasteiger partial charge in [0.25, 0.3) is 0 Å². The van der Waals surface area contributed by atoms with Gasteiger partial charge < -0.3 is 5.32 Å². The summed E-state index contributed by atoms with van der Waals surface area (Å²) in [6.07, 6.45) is 1.76. The normalized spacial score (nSPS) is 12.4. The first-order valence-electron chi connectivity index (χ1n) is 7.85. The minimum absolute atomic E-state index is 0.351. The van der Waals surface area contributed by atoms with Crippen molar-refractivity contribution >= 4 is 33.2 Å². The molecule has 0 fully saturated rings. The second kappa shape index (κ2) is 8.36. The van der Waals surface area contributed by atoms with E-state index in [9.17, 15) is 13.2 Å². The van der Waals surface area contributed by atoms with Crippen LogP contribution in [0.15, 0.2) is 54.6 Å². The number of benzene rings is 2. The SMILES string of the molecule is C[C@@H](C(=O)NCCc1ccccc1)N(c1ccc(Cl)cc1)S(C)(=O)=O. The molecule has 0 unspecified atom stereocenters. The third-order valence-corrected chi connectivity index (χ3v) is 5.22. The van der Waals surface area contributed by atoms with Crippen LogP contribution in [0, 0.1) is 0 Å². The van der Waals surface area contributed by atoms with Gasteiger partial charge in [0.15, 0.2) is 0 Å². The van der Waals surface area contributed by atoms with Crippen molar-refractivity contribution in [3.8, 4) is 0 Å². The minimum Gasteiger partial charge on any atom is -0.354 e. The molecule has 25 heavy (non-hydrogen) atoms. The molecular weight excluding hydrogens is 360 g/mol. The average molecular weight is 381 g/mol. The van der Waals surface area contributed by atoms with Crippen LogP contribution in [0.2, 0.25) is 5.02 Å². The summed E-state index contributed by atoms with van der Waals surface area (Å²) in [5, 5.41) is 3.29. The molecule has 0 saturated carbocycles. The predicted molar refractivity (Wildman–Crippen MR) is 101 cm³/mol. The summed E-state index contributed by atoms with van der Waals surface area (Å²) < 4.78 is 25.4. The first-order valence-corrected chi connectivity index (χ1v) is 10.1. The van der Waals surface area contributed by atoms with Crippen molar-refractivity contribution in [2.24, 2.45) is 0 Å². The standard InChI is InChI=1S/C18H21ClN2O3S/c1-14(18(22)20-13-12-15-6-4-3-5-7-15)21(25(2,23)24)17-10-8-16(19)9-11-17/h3-11,14H,12-13H2,1-2H3,(H,20,22)/t14-/m0/s1. The topological polar surface area (TPSA) is 66.5 Å². The summed E-state index contributed by atoms with van der Waals surface area (Å²) in [6, 6.07) is 15.2. The van der Waals surface area contributed by atoms with Crippen molar-refractivity contribution < 1.29 is 13.2 Å². The van der Waals surface area contributed by atoms with E-state index in [-0.39, 0.29) is 5.91 Å². The Bertz CT molecular complexity index is 808. The smallest absolute Gasteiger partial charge is 0.243 e. The van der Waals surface area contributed by atoms with Gasteiger partial charge in [-0.05, 0) is 43.2 Å². The second-order valence-electron chi connectivity index (χ2n) is 5.74. The molecular formula is C18H21ClN2O3S. The molecule has 0 heterocycles. The minimum atomic E-state index is -3.62.